The third-order valence-corrected chi connectivity index (χ3v) is 4.63. The highest BCUT2D eigenvalue weighted by Gasteiger charge is 2.31. The van der Waals surface area contributed by atoms with Crippen LogP contribution in [0.4, 0.5) is 11.4 Å². The molecule has 0 radical (unpaired) electrons. The number of hydrogen-bond donors (Lipinski definition) is 1. The summed E-state index contributed by atoms with van der Waals surface area (Å²) < 4.78 is 5.31. The van der Waals surface area contributed by atoms with Crippen LogP contribution in [0.3, 0.4) is 0 Å². The number of halogens is 2. The fourth-order valence-corrected chi connectivity index (χ4v) is 3.19. The van der Waals surface area contributed by atoms with Crippen molar-refractivity contribution < 1.29 is 9.21 Å². The second kappa shape index (κ2) is 8.13. The number of amides is 1. The quantitative estimate of drug-likeness (QED) is 0.877. The Balaban J connectivity index is 0.00000113. The highest BCUT2D eigenvalue weighted by molar-refractivity contribution is 6.08. The first-order valence-electron chi connectivity index (χ1n) is 8.19. The van der Waals surface area contributed by atoms with E-state index in [1.165, 1.54) is 19.1 Å². The number of benzene rings is 1. The normalized spacial score (nSPS) is 15.9. The minimum absolute atomic E-state index is 0. The Hall–Kier alpha value is -1.69. The molecule has 1 aromatic heterocycles. The number of rotatable bonds is 4. The molecule has 2 N–H and O–H groups in total. The van der Waals surface area contributed by atoms with Gasteiger partial charge in [-0.2, -0.15) is 0 Å². The molecule has 0 unspecified atom stereocenters. The Morgan fingerprint density at radius 1 is 1.16 bits per heavy atom. The summed E-state index contributed by atoms with van der Waals surface area (Å²) in [6.07, 6.45) is 4.17. The molecule has 1 amide bonds. The van der Waals surface area contributed by atoms with Gasteiger partial charge in [-0.1, -0.05) is 12.1 Å². The molecule has 4 rings (SSSR count). The minimum atomic E-state index is -0.0213. The van der Waals surface area contributed by atoms with Crippen LogP contribution in [0.15, 0.2) is 41.0 Å². The Labute approximate surface area is 160 Å². The fourth-order valence-electron chi connectivity index (χ4n) is 3.19. The van der Waals surface area contributed by atoms with E-state index in [2.05, 4.69) is 11.0 Å². The highest BCUT2D eigenvalue weighted by atomic mass is 35.5. The van der Waals surface area contributed by atoms with Gasteiger partial charge in [0.05, 0.1) is 23.5 Å². The van der Waals surface area contributed by atoms with Crippen molar-refractivity contribution in [3.63, 3.8) is 0 Å². The van der Waals surface area contributed by atoms with Crippen molar-refractivity contribution in [1.82, 2.24) is 0 Å². The highest BCUT2D eigenvalue weighted by Crippen LogP contribution is 2.37. The molecule has 0 spiro atoms. The monoisotopic (exact) mass is 383 g/mol. The van der Waals surface area contributed by atoms with Gasteiger partial charge in [-0.25, -0.2) is 0 Å². The topological polar surface area (TPSA) is 62.7 Å². The van der Waals surface area contributed by atoms with Crippen LogP contribution in [0.2, 0.25) is 0 Å². The number of carbonyl (C=O) groups excluding carboxylic acids is 1. The minimum Gasteiger partial charge on any atom is -0.467 e. The molecule has 2 heterocycles. The maximum atomic E-state index is 12.8. The number of nitrogens with two attached hydrogens (primary N) is 1. The van der Waals surface area contributed by atoms with Gasteiger partial charge in [0.25, 0.3) is 5.91 Å². The van der Waals surface area contributed by atoms with E-state index in [1.54, 1.807) is 6.07 Å². The van der Waals surface area contributed by atoms with Crippen molar-refractivity contribution in [1.29, 1.82) is 0 Å². The summed E-state index contributed by atoms with van der Waals surface area (Å²) in [6.45, 7) is 2.98. The van der Waals surface area contributed by atoms with Crippen molar-refractivity contribution in [2.75, 3.05) is 29.4 Å². The average Bonchev–Trinajstić information content (AvgIpc) is 3.27. The van der Waals surface area contributed by atoms with Crippen molar-refractivity contribution in [2.24, 2.45) is 11.7 Å². The van der Waals surface area contributed by atoms with E-state index in [-0.39, 0.29) is 30.7 Å². The first-order chi connectivity index (χ1) is 11.3. The number of furan rings is 1. The SMILES string of the molecule is Cl.Cl.NCc1cc(C(=O)N2CCN(CC3CC3)c3ccccc32)co1. The molecule has 1 aliphatic carbocycles. The zero-order valence-electron chi connectivity index (χ0n) is 13.9. The molecular weight excluding hydrogens is 361 g/mol. The van der Waals surface area contributed by atoms with Gasteiger partial charge in [-0.15, -0.1) is 24.8 Å². The van der Waals surface area contributed by atoms with E-state index in [1.807, 2.05) is 23.1 Å². The van der Waals surface area contributed by atoms with Crippen LogP contribution < -0.4 is 15.5 Å². The largest absolute Gasteiger partial charge is 0.467 e. The van der Waals surface area contributed by atoms with Gasteiger partial charge >= 0.3 is 0 Å². The number of para-hydroxylation sites is 2. The van der Waals surface area contributed by atoms with Crippen molar-refractivity contribution >= 4 is 42.1 Å². The predicted octanol–water partition coefficient (Wildman–Crippen LogP) is 3.46. The molecule has 25 heavy (non-hydrogen) atoms. The summed E-state index contributed by atoms with van der Waals surface area (Å²) >= 11 is 0. The lowest BCUT2D eigenvalue weighted by molar-refractivity contribution is 0.0986. The first kappa shape index (κ1) is 19.6. The van der Waals surface area contributed by atoms with Crippen molar-refractivity contribution in [3.05, 3.63) is 47.9 Å². The number of nitrogens with zero attached hydrogens (tertiary/aromatic N) is 2. The summed E-state index contributed by atoms with van der Waals surface area (Å²) in [4.78, 5) is 17.1. The number of carbonyl (C=O) groups is 1. The van der Waals surface area contributed by atoms with Crippen molar-refractivity contribution in [2.45, 2.75) is 19.4 Å². The Kier molecular flexibility index (Phi) is 6.38. The average molecular weight is 384 g/mol. The van der Waals surface area contributed by atoms with E-state index in [0.29, 0.717) is 24.4 Å². The van der Waals surface area contributed by atoms with E-state index >= 15 is 0 Å². The maximum Gasteiger partial charge on any atom is 0.261 e. The van der Waals surface area contributed by atoms with Gasteiger partial charge in [-0.3, -0.25) is 4.79 Å². The van der Waals surface area contributed by atoms with Crippen molar-refractivity contribution in [3.8, 4) is 0 Å². The lowest BCUT2D eigenvalue weighted by Crippen LogP contribution is -2.44. The van der Waals surface area contributed by atoms with Crippen LogP contribution in [0.5, 0.6) is 0 Å². The first-order valence-corrected chi connectivity index (χ1v) is 8.19. The second-order valence-electron chi connectivity index (χ2n) is 6.34. The third kappa shape index (κ3) is 3.94. The summed E-state index contributed by atoms with van der Waals surface area (Å²) in [5.41, 5.74) is 8.27. The number of fused-ring (bicyclic) bond motifs is 1. The van der Waals surface area contributed by atoms with E-state index < -0.39 is 0 Å². The van der Waals surface area contributed by atoms with Crippen LogP contribution in [-0.4, -0.2) is 25.5 Å². The van der Waals surface area contributed by atoms with Crippen LogP contribution in [0.1, 0.15) is 29.0 Å². The molecule has 2 aliphatic rings. The lowest BCUT2D eigenvalue weighted by Gasteiger charge is -2.37. The zero-order chi connectivity index (χ0) is 15.8. The van der Waals surface area contributed by atoms with Gasteiger partial charge in [0, 0.05) is 19.6 Å². The van der Waals surface area contributed by atoms with E-state index in [9.17, 15) is 4.79 Å². The summed E-state index contributed by atoms with van der Waals surface area (Å²) in [6, 6.07) is 9.90. The molecule has 1 saturated carbocycles. The molecule has 1 aliphatic heterocycles. The van der Waals surface area contributed by atoms with Crippen LogP contribution in [0, 0.1) is 5.92 Å². The van der Waals surface area contributed by atoms with Crippen LogP contribution in [0.25, 0.3) is 0 Å². The molecule has 2 aromatic rings. The number of hydrogen-bond acceptors (Lipinski definition) is 4. The van der Waals surface area contributed by atoms with Gasteiger partial charge in [0.1, 0.15) is 12.0 Å². The molecule has 5 nitrogen and oxygen atoms in total. The van der Waals surface area contributed by atoms with Gasteiger partial charge in [0.15, 0.2) is 0 Å². The molecule has 0 bridgehead atoms. The van der Waals surface area contributed by atoms with E-state index in [4.69, 9.17) is 10.2 Å². The third-order valence-electron chi connectivity index (χ3n) is 4.63. The van der Waals surface area contributed by atoms with Gasteiger partial charge in [0.2, 0.25) is 0 Å². The standard InChI is InChI=1S/C18H21N3O2.2ClH/c19-10-15-9-14(12-23-15)18(22)21-8-7-20(11-13-5-6-13)16-3-1-2-4-17(16)21;;/h1-4,9,12-13H,5-8,10-11,19H2;2*1H. The summed E-state index contributed by atoms with van der Waals surface area (Å²) in [5.74, 6) is 1.44. The molecule has 1 fully saturated rings. The molecule has 0 saturated heterocycles. The molecule has 136 valence electrons. The lowest BCUT2D eigenvalue weighted by atomic mass is 10.1. The predicted molar refractivity (Wildman–Crippen MR) is 104 cm³/mol. The fraction of sp³-hybridized carbons (Fsp3) is 0.389. The number of anilines is 2. The molecule has 0 atom stereocenters. The van der Waals surface area contributed by atoms with Gasteiger partial charge < -0.3 is 20.0 Å². The summed E-state index contributed by atoms with van der Waals surface area (Å²) in [7, 11) is 0. The molecular formula is C18H23Cl2N3O2. The zero-order valence-corrected chi connectivity index (χ0v) is 15.5. The Morgan fingerprint density at radius 2 is 1.88 bits per heavy atom. The van der Waals surface area contributed by atoms with Crippen LogP contribution >= 0.6 is 24.8 Å². The molecule has 7 heteroatoms. The second-order valence-corrected chi connectivity index (χ2v) is 6.34. The van der Waals surface area contributed by atoms with Crippen LogP contribution in [-0.2, 0) is 6.54 Å². The maximum absolute atomic E-state index is 12.8. The van der Waals surface area contributed by atoms with E-state index in [0.717, 1.165) is 30.4 Å². The summed E-state index contributed by atoms with van der Waals surface area (Å²) in [5, 5.41) is 0. The Bertz CT molecular complexity index is 731. The molecule has 1 aromatic carbocycles. The smallest absolute Gasteiger partial charge is 0.261 e. The van der Waals surface area contributed by atoms with Gasteiger partial charge in [-0.05, 0) is 37.0 Å². The Morgan fingerprint density at radius 3 is 2.52 bits per heavy atom.